The molecule has 0 rings (SSSR count). The number of likely N-dealkylation sites (N-methyl/N-ethyl adjacent to an activating group) is 1. The number of hydrogen-bond acceptors (Lipinski definition) is 2. The molecule has 1 atom stereocenters. The van der Waals surface area contributed by atoms with E-state index in [9.17, 15) is 0 Å². The summed E-state index contributed by atoms with van der Waals surface area (Å²) < 4.78 is 0. The van der Waals surface area contributed by atoms with Gasteiger partial charge in [-0.25, -0.2) is 0 Å². The van der Waals surface area contributed by atoms with Gasteiger partial charge >= 0.3 is 0 Å². The summed E-state index contributed by atoms with van der Waals surface area (Å²) in [6.45, 7) is 15.1. The summed E-state index contributed by atoms with van der Waals surface area (Å²) in [6.07, 6.45) is 7.06. The van der Waals surface area contributed by atoms with Crippen LogP contribution in [0.5, 0.6) is 0 Å². The molecule has 0 spiro atoms. The Balaban J connectivity index is 3.35. The Morgan fingerprint density at radius 2 is 1.88 bits per heavy atom. The lowest BCUT2D eigenvalue weighted by atomic mass is 10.2. The van der Waals surface area contributed by atoms with Crippen molar-refractivity contribution < 1.29 is 0 Å². The van der Waals surface area contributed by atoms with E-state index in [0.717, 1.165) is 26.1 Å². The van der Waals surface area contributed by atoms with Gasteiger partial charge in [-0.2, -0.15) is 0 Å². The highest BCUT2D eigenvalue weighted by atomic mass is 15.1. The highest BCUT2D eigenvalue weighted by Gasteiger charge is 2.05. The zero-order valence-corrected chi connectivity index (χ0v) is 11.5. The molecule has 0 saturated carbocycles. The smallest absolute Gasteiger partial charge is 0.0166 e. The first-order valence-electron chi connectivity index (χ1n) is 6.81. The first-order valence-corrected chi connectivity index (χ1v) is 6.81. The summed E-state index contributed by atoms with van der Waals surface area (Å²) in [5.41, 5.74) is 0. The van der Waals surface area contributed by atoms with Gasteiger partial charge in [-0.15, -0.1) is 6.58 Å². The van der Waals surface area contributed by atoms with Crippen LogP contribution in [-0.4, -0.2) is 37.1 Å². The van der Waals surface area contributed by atoms with E-state index in [-0.39, 0.29) is 0 Å². The van der Waals surface area contributed by atoms with Crippen LogP contribution in [0.15, 0.2) is 12.7 Å². The fourth-order valence-corrected chi connectivity index (χ4v) is 1.87. The third-order valence-corrected chi connectivity index (χ3v) is 3.00. The minimum Gasteiger partial charge on any atom is -0.313 e. The lowest BCUT2D eigenvalue weighted by molar-refractivity contribution is 0.271. The van der Waals surface area contributed by atoms with E-state index in [4.69, 9.17) is 0 Å². The lowest BCUT2D eigenvalue weighted by Gasteiger charge is -2.23. The van der Waals surface area contributed by atoms with Crippen LogP contribution < -0.4 is 5.32 Å². The van der Waals surface area contributed by atoms with Crippen LogP contribution in [0, 0.1) is 0 Å². The van der Waals surface area contributed by atoms with Crippen molar-refractivity contribution in [2.45, 2.75) is 52.5 Å². The van der Waals surface area contributed by atoms with Gasteiger partial charge in [0.2, 0.25) is 0 Å². The van der Waals surface area contributed by atoms with Crippen LogP contribution in [0.2, 0.25) is 0 Å². The summed E-state index contributed by atoms with van der Waals surface area (Å²) in [7, 11) is 0. The van der Waals surface area contributed by atoms with Crippen molar-refractivity contribution >= 4 is 0 Å². The fourth-order valence-electron chi connectivity index (χ4n) is 1.87. The number of nitrogens with zero attached hydrogens (tertiary/aromatic N) is 1. The molecule has 0 aliphatic heterocycles. The Morgan fingerprint density at radius 3 is 2.44 bits per heavy atom. The van der Waals surface area contributed by atoms with Crippen molar-refractivity contribution in [2.75, 3.05) is 26.2 Å². The minimum absolute atomic E-state index is 0.610. The Kier molecular flexibility index (Phi) is 10.9. The van der Waals surface area contributed by atoms with Gasteiger partial charge in [-0.3, -0.25) is 0 Å². The highest BCUT2D eigenvalue weighted by molar-refractivity contribution is 4.68. The number of hydrogen-bond donors (Lipinski definition) is 1. The first-order chi connectivity index (χ1) is 7.74. The molecule has 0 heterocycles. The van der Waals surface area contributed by atoms with Crippen LogP contribution in [0.1, 0.15) is 46.5 Å². The molecule has 2 nitrogen and oxygen atoms in total. The monoisotopic (exact) mass is 226 g/mol. The molecule has 0 amide bonds. The zero-order chi connectivity index (χ0) is 12.2. The SMILES string of the molecule is C=CCCCCCNC(C)CN(CC)CC. The second-order valence-corrected chi connectivity index (χ2v) is 4.48. The fraction of sp³-hybridized carbons (Fsp3) is 0.857. The van der Waals surface area contributed by atoms with Gasteiger partial charge in [0.25, 0.3) is 0 Å². The Labute approximate surface area is 102 Å². The molecule has 0 saturated heterocycles. The van der Waals surface area contributed by atoms with Gasteiger partial charge in [-0.1, -0.05) is 26.3 Å². The number of allylic oxidation sites excluding steroid dienone is 1. The van der Waals surface area contributed by atoms with E-state index in [1.54, 1.807) is 0 Å². The number of nitrogens with one attached hydrogen (secondary N) is 1. The molecule has 0 bridgehead atoms. The minimum atomic E-state index is 0.610. The molecule has 0 aromatic heterocycles. The van der Waals surface area contributed by atoms with Crippen molar-refractivity contribution in [3.63, 3.8) is 0 Å². The van der Waals surface area contributed by atoms with Crippen molar-refractivity contribution in [3.05, 3.63) is 12.7 Å². The third kappa shape index (κ3) is 8.93. The van der Waals surface area contributed by atoms with E-state index in [1.807, 2.05) is 6.08 Å². The Hall–Kier alpha value is -0.340. The van der Waals surface area contributed by atoms with Gasteiger partial charge in [0.1, 0.15) is 0 Å². The third-order valence-electron chi connectivity index (χ3n) is 3.00. The predicted molar refractivity (Wildman–Crippen MR) is 73.9 cm³/mol. The molecule has 0 aromatic carbocycles. The van der Waals surface area contributed by atoms with Gasteiger partial charge < -0.3 is 10.2 Å². The van der Waals surface area contributed by atoms with Crippen molar-refractivity contribution in [1.82, 2.24) is 10.2 Å². The Bertz CT molecular complexity index is 153. The van der Waals surface area contributed by atoms with Crippen LogP contribution in [0.4, 0.5) is 0 Å². The summed E-state index contributed by atoms with van der Waals surface area (Å²) in [6, 6.07) is 0.610. The molecule has 0 radical (unpaired) electrons. The normalized spacial score (nSPS) is 13.0. The quantitative estimate of drug-likeness (QED) is 0.430. The van der Waals surface area contributed by atoms with Crippen molar-refractivity contribution in [1.29, 1.82) is 0 Å². The second-order valence-electron chi connectivity index (χ2n) is 4.48. The predicted octanol–water partition coefficient (Wildman–Crippen LogP) is 3.05. The van der Waals surface area contributed by atoms with Gasteiger partial charge in [0, 0.05) is 12.6 Å². The van der Waals surface area contributed by atoms with Crippen molar-refractivity contribution in [3.8, 4) is 0 Å². The van der Waals surface area contributed by atoms with E-state index in [1.165, 1.54) is 25.8 Å². The molecule has 2 heteroatoms. The maximum atomic E-state index is 3.74. The second kappa shape index (κ2) is 11.2. The molecule has 0 aromatic rings. The number of rotatable bonds is 11. The van der Waals surface area contributed by atoms with E-state index in [0.29, 0.717) is 6.04 Å². The van der Waals surface area contributed by atoms with E-state index in [2.05, 4.69) is 37.6 Å². The van der Waals surface area contributed by atoms with Crippen LogP contribution in [0.25, 0.3) is 0 Å². The maximum Gasteiger partial charge on any atom is 0.0166 e. The molecule has 1 unspecified atom stereocenters. The molecule has 0 aliphatic carbocycles. The van der Waals surface area contributed by atoms with Gasteiger partial charge in [-0.05, 0) is 45.8 Å². The molecule has 16 heavy (non-hydrogen) atoms. The van der Waals surface area contributed by atoms with E-state index >= 15 is 0 Å². The average molecular weight is 226 g/mol. The molecule has 0 aliphatic rings. The lowest BCUT2D eigenvalue weighted by Crippen LogP contribution is -2.39. The van der Waals surface area contributed by atoms with E-state index < -0.39 is 0 Å². The first kappa shape index (κ1) is 15.7. The maximum absolute atomic E-state index is 3.74. The molecular formula is C14H30N2. The number of unbranched alkanes of at least 4 members (excludes halogenated alkanes) is 3. The zero-order valence-electron chi connectivity index (χ0n) is 11.5. The van der Waals surface area contributed by atoms with Gasteiger partial charge in [0.15, 0.2) is 0 Å². The standard InChI is InChI=1S/C14H30N2/c1-5-8-9-10-11-12-15-14(4)13-16(6-2)7-3/h5,14-15H,1,6-13H2,2-4H3. The van der Waals surface area contributed by atoms with Gasteiger partial charge in [0.05, 0.1) is 0 Å². The summed E-state index contributed by atoms with van der Waals surface area (Å²) in [5.74, 6) is 0. The summed E-state index contributed by atoms with van der Waals surface area (Å²) in [4.78, 5) is 2.47. The molecular weight excluding hydrogens is 196 g/mol. The van der Waals surface area contributed by atoms with Crippen molar-refractivity contribution in [2.24, 2.45) is 0 Å². The molecule has 96 valence electrons. The van der Waals surface area contributed by atoms with Crippen LogP contribution >= 0.6 is 0 Å². The highest BCUT2D eigenvalue weighted by Crippen LogP contribution is 1.99. The summed E-state index contributed by atoms with van der Waals surface area (Å²) in [5, 5.41) is 3.59. The molecule has 0 fully saturated rings. The Morgan fingerprint density at radius 1 is 1.19 bits per heavy atom. The van der Waals surface area contributed by atoms with Crippen LogP contribution in [-0.2, 0) is 0 Å². The van der Waals surface area contributed by atoms with Crippen LogP contribution in [0.3, 0.4) is 0 Å². The largest absolute Gasteiger partial charge is 0.313 e. The molecule has 1 N–H and O–H groups in total. The summed E-state index contributed by atoms with van der Waals surface area (Å²) >= 11 is 0. The topological polar surface area (TPSA) is 15.3 Å². The average Bonchev–Trinajstić information content (AvgIpc) is 2.30.